The number of nitrogen functional groups attached to an aromatic ring is 1. The number of nitrogens with one attached hydrogen (secondary N) is 1. The predicted molar refractivity (Wildman–Crippen MR) is 86.5 cm³/mol. The zero-order valence-corrected chi connectivity index (χ0v) is 12.9. The van der Waals surface area contributed by atoms with E-state index in [0.29, 0.717) is 18.0 Å². The highest BCUT2D eigenvalue weighted by molar-refractivity contribution is 6.05. The van der Waals surface area contributed by atoms with Crippen LogP contribution in [0, 0.1) is 0 Å². The van der Waals surface area contributed by atoms with E-state index in [1.807, 2.05) is 6.07 Å². The van der Waals surface area contributed by atoms with Crippen LogP contribution in [0.2, 0.25) is 0 Å². The van der Waals surface area contributed by atoms with Crippen molar-refractivity contribution in [3.8, 4) is 5.75 Å². The van der Waals surface area contributed by atoms with Crippen LogP contribution in [-0.4, -0.2) is 37.7 Å². The number of pyridine rings is 1. The third-order valence-corrected chi connectivity index (χ3v) is 3.18. The van der Waals surface area contributed by atoms with E-state index in [1.54, 1.807) is 30.4 Å². The monoisotopic (exact) mass is 325 g/mol. The van der Waals surface area contributed by atoms with Gasteiger partial charge < -0.3 is 15.8 Å². The summed E-state index contributed by atoms with van der Waals surface area (Å²) in [6, 6.07) is 1.87. The molecule has 0 bridgehead atoms. The van der Waals surface area contributed by atoms with Crippen LogP contribution >= 0.6 is 0 Å². The molecule has 3 N–H and O–H groups in total. The van der Waals surface area contributed by atoms with Crippen LogP contribution in [0.1, 0.15) is 16.1 Å². The zero-order valence-electron chi connectivity index (χ0n) is 12.9. The highest BCUT2D eigenvalue weighted by atomic mass is 16.5. The summed E-state index contributed by atoms with van der Waals surface area (Å²) < 4.78 is 6.81. The second kappa shape index (κ2) is 6.73. The van der Waals surface area contributed by atoms with E-state index < -0.39 is 5.91 Å². The Balaban J connectivity index is 1.69. The fourth-order valence-electron chi connectivity index (χ4n) is 2.08. The van der Waals surface area contributed by atoms with Crippen molar-refractivity contribution >= 4 is 17.4 Å². The van der Waals surface area contributed by atoms with Gasteiger partial charge in [-0.2, -0.15) is 5.10 Å². The maximum atomic E-state index is 12.1. The molecule has 0 aliphatic heterocycles. The standard InChI is InChI=1S/C15H15N7O2/c1-24-12-4-10(5-17-7-12)8-22-9-11(6-20-22)21-15(23)13-14(16)19-3-2-18-13/h2-7,9H,8H2,1H3,(H2,16,19)(H,21,23). The SMILES string of the molecule is COc1cncc(Cn2cc(NC(=O)c3nccnc3N)cn2)c1. The number of methoxy groups -OCH3 is 1. The van der Waals surface area contributed by atoms with Gasteiger partial charge >= 0.3 is 0 Å². The normalized spacial score (nSPS) is 10.4. The van der Waals surface area contributed by atoms with Gasteiger partial charge in [-0.25, -0.2) is 9.97 Å². The third kappa shape index (κ3) is 3.46. The number of anilines is 2. The van der Waals surface area contributed by atoms with Crippen molar-refractivity contribution < 1.29 is 9.53 Å². The largest absolute Gasteiger partial charge is 0.495 e. The van der Waals surface area contributed by atoms with Crippen molar-refractivity contribution in [3.05, 3.63) is 54.5 Å². The highest BCUT2D eigenvalue weighted by Crippen LogP contribution is 2.13. The molecule has 0 atom stereocenters. The lowest BCUT2D eigenvalue weighted by molar-refractivity contribution is 0.102. The molecule has 0 saturated heterocycles. The minimum atomic E-state index is -0.441. The molecule has 0 aliphatic carbocycles. The smallest absolute Gasteiger partial charge is 0.278 e. The lowest BCUT2D eigenvalue weighted by Crippen LogP contribution is -2.16. The summed E-state index contributed by atoms with van der Waals surface area (Å²) in [6.07, 6.45) is 9.42. The van der Waals surface area contributed by atoms with Crippen molar-refractivity contribution in [2.24, 2.45) is 0 Å². The predicted octanol–water partition coefficient (Wildman–Crippen LogP) is 0.959. The van der Waals surface area contributed by atoms with E-state index in [-0.39, 0.29) is 11.5 Å². The molecule has 9 heteroatoms. The van der Waals surface area contributed by atoms with E-state index >= 15 is 0 Å². The van der Waals surface area contributed by atoms with Crippen LogP contribution < -0.4 is 15.8 Å². The molecule has 0 aromatic carbocycles. The molecule has 0 unspecified atom stereocenters. The number of hydrogen-bond donors (Lipinski definition) is 2. The molecule has 3 aromatic heterocycles. The fourth-order valence-corrected chi connectivity index (χ4v) is 2.08. The Hall–Kier alpha value is -3.49. The average molecular weight is 325 g/mol. The molecule has 1 amide bonds. The van der Waals surface area contributed by atoms with Gasteiger partial charge in [-0.05, 0) is 11.6 Å². The van der Waals surface area contributed by atoms with Gasteiger partial charge in [0.15, 0.2) is 11.5 Å². The summed E-state index contributed by atoms with van der Waals surface area (Å²) in [6.45, 7) is 0.493. The number of carbonyl (C=O) groups is 1. The van der Waals surface area contributed by atoms with Gasteiger partial charge in [-0.1, -0.05) is 0 Å². The lowest BCUT2D eigenvalue weighted by Gasteiger charge is -2.04. The third-order valence-electron chi connectivity index (χ3n) is 3.18. The first-order valence-corrected chi connectivity index (χ1v) is 7.04. The summed E-state index contributed by atoms with van der Waals surface area (Å²) >= 11 is 0. The molecule has 122 valence electrons. The second-order valence-electron chi connectivity index (χ2n) is 4.90. The van der Waals surface area contributed by atoms with Gasteiger partial charge in [0.05, 0.1) is 31.7 Å². The average Bonchev–Trinajstić information content (AvgIpc) is 3.02. The van der Waals surface area contributed by atoms with Gasteiger partial charge in [0, 0.05) is 24.8 Å². The first-order chi connectivity index (χ1) is 11.7. The molecule has 24 heavy (non-hydrogen) atoms. The molecule has 0 fully saturated rings. The van der Waals surface area contributed by atoms with Crippen molar-refractivity contribution in [1.29, 1.82) is 0 Å². The Bertz CT molecular complexity index is 862. The topological polar surface area (TPSA) is 121 Å². The Labute approximate surface area is 137 Å². The second-order valence-corrected chi connectivity index (χ2v) is 4.90. The van der Waals surface area contributed by atoms with Crippen LogP contribution in [0.25, 0.3) is 0 Å². The van der Waals surface area contributed by atoms with Crippen LogP contribution in [0.3, 0.4) is 0 Å². The minimum absolute atomic E-state index is 0.0715. The molecule has 3 heterocycles. The fraction of sp³-hybridized carbons (Fsp3) is 0.133. The number of aromatic nitrogens is 5. The molecule has 3 rings (SSSR count). The minimum Gasteiger partial charge on any atom is -0.495 e. The summed E-state index contributed by atoms with van der Waals surface area (Å²) in [5.41, 5.74) is 7.16. The zero-order chi connectivity index (χ0) is 16.9. The van der Waals surface area contributed by atoms with E-state index in [9.17, 15) is 4.79 Å². The molecule has 9 nitrogen and oxygen atoms in total. The van der Waals surface area contributed by atoms with Crippen molar-refractivity contribution in [3.63, 3.8) is 0 Å². The summed E-state index contributed by atoms with van der Waals surface area (Å²) in [5, 5.41) is 6.88. The maximum Gasteiger partial charge on any atom is 0.278 e. The number of nitrogens with two attached hydrogens (primary N) is 1. The quantitative estimate of drug-likeness (QED) is 0.716. The number of rotatable bonds is 5. The number of ether oxygens (including phenoxy) is 1. The molecule has 3 aromatic rings. The van der Waals surface area contributed by atoms with Crippen molar-refractivity contribution in [2.75, 3.05) is 18.2 Å². The van der Waals surface area contributed by atoms with Crippen LogP contribution in [0.5, 0.6) is 5.75 Å². The molecule has 0 spiro atoms. The highest BCUT2D eigenvalue weighted by Gasteiger charge is 2.13. The Kier molecular flexibility index (Phi) is 4.32. The number of carbonyl (C=O) groups excluding carboxylic acids is 1. The van der Waals surface area contributed by atoms with Crippen LogP contribution in [-0.2, 0) is 6.54 Å². The van der Waals surface area contributed by atoms with Gasteiger partial charge in [0.25, 0.3) is 5.91 Å². The number of nitrogens with zero attached hydrogens (tertiary/aromatic N) is 5. The Morgan fingerprint density at radius 2 is 2.12 bits per heavy atom. The van der Waals surface area contributed by atoms with E-state index in [1.165, 1.54) is 18.6 Å². The lowest BCUT2D eigenvalue weighted by atomic mass is 10.3. The van der Waals surface area contributed by atoms with E-state index in [0.717, 1.165) is 5.56 Å². The van der Waals surface area contributed by atoms with Crippen LogP contribution in [0.15, 0.2) is 43.2 Å². The summed E-state index contributed by atoms with van der Waals surface area (Å²) in [4.78, 5) is 24.0. The molecular formula is C15H15N7O2. The van der Waals surface area contributed by atoms with Gasteiger partial charge in [-0.3, -0.25) is 14.5 Å². The molecule has 0 radical (unpaired) electrons. The molecular weight excluding hydrogens is 310 g/mol. The first-order valence-electron chi connectivity index (χ1n) is 7.04. The van der Waals surface area contributed by atoms with Crippen LogP contribution in [0.4, 0.5) is 11.5 Å². The first kappa shape index (κ1) is 15.4. The van der Waals surface area contributed by atoms with Gasteiger partial charge in [-0.15, -0.1) is 0 Å². The van der Waals surface area contributed by atoms with Crippen molar-refractivity contribution in [1.82, 2.24) is 24.7 Å². The molecule has 0 aliphatic rings. The van der Waals surface area contributed by atoms with E-state index in [4.69, 9.17) is 10.5 Å². The van der Waals surface area contributed by atoms with Gasteiger partial charge in [0.2, 0.25) is 0 Å². The number of hydrogen-bond acceptors (Lipinski definition) is 7. The maximum absolute atomic E-state index is 12.1. The van der Waals surface area contributed by atoms with Gasteiger partial charge in [0.1, 0.15) is 5.75 Å². The molecule has 0 saturated carbocycles. The summed E-state index contributed by atoms with van der Waals surface area (Å²) in [5.74, 6) is 0.305. The summed E-state index contributed by atoms with van der Waals surface area (Å²) in [7, 11) is 1.58. The van der Waals surface area contributed by atoms with E-state index in [2.05, 4.69) is 25.4 Å². The van der Waals surface area contributed by atoms with Crippen molar-refractivity contribution in [2.45, 2.75) is 6.54 Å². The number of amides is 1. The Morgan fingerprint density at radius 3 is 2.92 bits per heavy atom. The Morgan fingerprint density at radius 1 is 1.29 bits per heavy atom.